The quantitative estimate of drug-likeness (QED) is 0.651. The van der Waals surface area contributed by atoms with E-state index in [0.29, 0.717) is 26.2 Å². The summed E-state index contributed by atoms with van der Waals surface area (Å²) in [5.41, 5.74) is 2.22. The molecular weight excluding hydrogens is 330 g/mol. The average Bonchev–Trinajstić information content (AvgIpc) is 3.08. The van der Waals surface area contributed by atoms with Crippen LogP contribution >= 0.6 is 0 Å². The smallest absolute Gasteiger partial charge is 0.409 e. The van der Waals surface area contributed by atoms with Gasteiger partial charge in [0.05, 0.1) is 13.2 Å². The second-order valence-electron chi connectivity index (χ2n) is 6.23. The Bertz CT molecular complexity index is 729. The molecule has 1 aliphatic rings. The first-order valence-electron chi connectivity index (χ1n) is 9.22. The van der Waals surface area contributed by atoms with E-state index in [0.717, 1.165) is 36.8 Å². The summed E-state index contributed by atoms with van der Waals surface area (Å²) >= 11 is 0. The molecule has 1 amide bonds. The number of nitrogens with zero attached hydrogens (tertiary/aromatic N) is 3. The molecule has 7 nitrogen and oxygen atoms in total. The summed E-state index contributed by atoms with van der Waals surface area (Å²) in [4.78, 5) is 24.0. The van der Waals surface area contributed by atoms with Crippen LogP contribution in [0.2, 0.25) is 0 Å². The Labute approximate surface area is 154 Å². The molecule has 0 unspecified atom stereocenters. The maximum atomic E-state index is 11.8. The van der Waals surface area contributed by atoms with Crippen LogP contribution in [0.15, 0.2) is 35.3 Å². The van der Waals surface area contributed by atoms with E-state index in [1.807, 2.05) is 19.1 Å². The molecule has 140 valence electrons. The SMILES string of the molecule is CCNC(=NCc1cc2ccccc2[nH]1)N1CCN(C(=O)OCC)CC1. The highest BCUT2D eigenvalue weighted by Gasteiger charge is 2.23. The lowest BCUT2D eigenvalue weighted by atomic mass is 10.2. The third-order valence-corrected chi connectivity index (χ3v) is 4.43. The number of rotatable bonds is 4. The van der Waals surface area contributed by atoms with Gasteiger partial charge >= 0.3 is 6.09 Å². The van der Waals surface area contributed by atoms with Gasteiger partial charge in [-0.3, -0.25) is 0 Å². The number of nitrogens with one attached hydrogen (secondary N) is 2. The highest BCUT2D eigenvalue weighted by atomic mass is 16.6. The van der Waals surface area contributed by atoms with Gasteiger partial charge in [0.25, 0.3) is 0 Å². The second kappa shape index (κ2) is 8.60. The fourth-order valence-corrected chi connectivity index (χ4v) is 3.12. The highest BCUT2D eigenvalue weighted by Crippen LogP contribution is 2.15. The highest BCUT2D eigenvalue weighted by molar-refractivity contribution is 5.82. The van der Waals surface area contributed by atoms with Crippen LogP contribution in [0.3, 0.4) is 0 Å². The van der Waals surface area contributed by atoms with Gasteiger partial charge in [-0.25, -0.2) is 9.79 Å². The largest absolute Gasteiger partial charge is 0.450 e. The molecule has 7 heteroatoms. The average molecular weight is 357 g/mol. The summed E-state index contributed by atoms with van der Waals surface area (Å²) in [6.07, 6.45) is -0.229. The number of carbonyl (C=O) groups excluding carboxylic acids is 1. The molecule has 0 aliphatic carbocycles. The number of carbonyl (C=O) groups is 1. The van der Waals surface area contributed by atoms with E-state index >= 15 is 0 Å². The fourth-order valence-electron chi connectivity index (χ4n) is 3.12. The van der Waals surface area contributed by atoms with Gasteiger partial charge < -0.3 is 24.8 Å². The summed E-state index contributed by atoms with van der Waals surface area (Å²) in [7, 11) is 0. The first kappa shape index (κ1) is 18.1. The van der Waals surface area contributed by atoms with Crippen LogP contribution < -0.4 is 5.32 Å². The van der Waals surface area contributed by atoms with Gasteiger partial charge in [-0.2, -0.15) is 0 Å². The third kappa shape index (κ3) is 4.28. The molecule has 2 N–H and O–H groups in total. The first-order chi connectivity index (χ1) is 12.7. The number of piperazine rings is 1. The molecule has 0 spiro atoms. The summed E-state index contributed by atoms with van der Waals surface area (Å²) < 4.78 is 5.08. The van der Waals surface area contributed by atoms with Crippen molar-refractivity contribution in [1.29, 1.82) is 0 Å². The van der Waals surface area contributed by atoms with Crippen molar-refractivity contribution in [1.82, 2.24) is 20.1 Å². The van der Waals surface area contributed by atoms with E-state index < -0.39 is 0 Å². The Kier molecular flexibility index (Phi) is 5.99. The monoisotopic (exact) mass is 357 g/mol. The van der Waals surface area contributed by atoms with Crippen molar-refractivity contribution < 1.29 is 9.53 Å². The molecule has 26 heavy (non-hydrogen) atoms. The number of hydrogen-bond acceptors (Lipinski definition) is 3. The van der Waals surface area contributed by atoms with Gasteiger partial charge in [-0.15, -0.1) is 0 Å². The predicted molar refractivity (Wildman–Crippen MR) is 103 cm³/mol. The minimum absolute atomic E-state index is 0.229. The molecule has 1 fully saturated rings. The van der Waals surface area contributed by atoms with Crippen LogP contribution in [0, 0.1) is 0 Å². The lowest BCUT2D eigenvalue weighted by molar-refractivity contribution is 0.0914. The Balaban J connectivity index is 1.63. The van der Waals surface area contributed by atoms with E-state index in [-0.39, 0.29) is 6.09 Å². The minimum atomic E-state index is -0.229. The molecule has 3 rings (SSSR count). The number of fused-ring (bicyclic) bond motifs is 1. The molecule has 1 saturated heterocycles. The van der Waals surface area contributed by atoms with Crippen molar-refractivity contribution in [2.45, 2.75) is 20.4 Å². The second-order valence-corrected chi connectivity index (χ2v) is 6.23. The van der Waals surface area contributed by atoms with E-state index in [1.165, 1.54) is 5.39 Å². The van der Waals surface area contributed by atoms with Crippen molar-refractivity contribution in [3.63, 3.8) is 0 Å². The summed E-state index contributed by atoms with van der Waals surface area (Å²) in [6, 6.07) is 10.4. The molecule has 0 bridgehead atoms. The Morgan fingerprint density at radius 2 is 1.92 bits per heavy atom. The van der Waals surface area contributed by atoms with Crippen LogP contribution in [-0.4, -0.2) is 66.2 Å². The molecule has 0 atom stereocenters. The lowest BCUT2D eigenvalue weighted by Crippen LogP contribution is -2.53. The summed E-state index contributed by atoms with van der Waals surface area (Å²) in [5, 5.41) is 4.55. The normalized spacial score (nSPS) is 15.4. The van der Waals surface area contributed by atoms with Crippen LogP contribution in [-0.2, 0) is 11.3 Å². The zero-order valence-electron chi connectivity index (χ0n) is 15.5. The van der Waals surface area contributed by atoms with Crippen LogP contribution in [0.1, 0.15) is 19.5 Å². The van der Waals surface area contributed by atoms with E-state index in [9.17, 15) is 4.79 Å². The maximum absolute atomic E-state index is 11.8. The molecule has 1 aliphatic heterocycles. The minimum Gasteiger partial charge on any atom is -0.450 e. The van der Waals surface area contributed by atoms with E-state index in [2.05, 4.69) is 40.3 Å². The van der Waals surface area contributed by atoms with Gasteiger partial charge in [0.15, 0.2) is 5.96 Å². The number of guanidine groups is 1. The van der Waals surface area contributed by atoms with E-state index in [1.54, 1.807) is 4.90 Å². The maximum Gasteiger partial charge on any atom is 0.409 e. The number of benzene rings is 1. The number of aliphatic imine (C=N–C) groups is 1. The van der Waals surface area contributed by atoms with Crippen LogP contribution in [0.4, 0.5) is 4.79 Å². The molecule has 1 aromatic carbocycles. The Morgan fingerprint density at radius 3 is 2.62 bits per heavy atom. The summed E-state index contributed by atoms with van der Waals surface area (Å²) in [5.74, 6) is 0.884. The Morgan fingerprint density at radius 1 is 1.19 bits per heavy atom. The third-order valence-electron chi connectivity index (χ3n) is 4.43. The van der Waals surface area contributed by atoms with Crippen molar-refractivity contribution >= 4 is 23.0 Å². The number of para-hydroxylation sites is 1. The number of ether oxygens (including phenoxy) is 1. The van der Waals surface area contributed by atoms with Crippen molar-refractivity contribution in [3.8, 4) is 0 Å². The van der Waals surface area contributed by atoms with Crippen LogP contribution in [0.5, 0.6) is 0 Å². The first-order valence-corrected chi connectivity index (χ1v) is 9.22. The molecule has 2 aromatic rings. The number of amides is 1. The van der Waals surface area contributed by atoms with Crippen molar-refractivity contribution in [2.75, 3.05) is 39.3 Å². The van der Waals surface area contributed by atoms with E-state index in [4.69, 9.17) is 9.73 Å². The molecule has 1 aromatic heterocycles. The predicted octanol–water partition coefficient (Wildman–Crippen LogP) is 2.41. The molecular formula is C19H27N5O2. The lowest BCUT2D eigenvalue weighted by Gasteiger charge is -2.35. The molecule has 2 heterocycles. The molecule has 0 radical (unpaired) electrons. The standard InChI is InChI=1S/C19H27N5O2/c1-3-20-18(23-9-11-24(12-10-23)19(25)26-4-2)21-14-16-13-15-7-5-6-8-17(15)22-16/h5-8,13,22H,3-4,9-12,14H2,1-2H3,(H,20,21). The van der Waals surface area contributed by atoms with Crippen LogP contribution in [0.25, 0.3) is 10.9 Å². The van der Waals surface area contributed by atoms with Gasteiger partial charge in [-0.05, 0) is 31.4 Å². The van der Waals surface area contributed by atoms with Gasteiger partial charge in [0.1, 0.15) is 0 Å². The number of hydrogen-bond donors (Lipinski definition) is 2. The fraction of sp³-hybridized carbons (Fsp3) is 0.474. The van der Waals surface area contributed by atoms with Crippen molar-refractivity contribution in [2.24, 2.45) is 4.99 Å². The number of aromatic nitrogens is 1. The topological polar surface area (TPSA) is 73.0 Å². The van der Waals surface area contributed by atoms with Gasteiger partial charge in [0.2, 0.25) is 0 Å². The number of H-pyrrole nitrogens is 1. The number of aromatic amines is 1. The zero-order valence-corrected chi connectivity index (χ0v) is 15.5. The van der Waals surface area contributed by atoms with Gasteiger partial charge in [0, 0.05) is 43.9 Å². The Hall–Kier alpha value is -2.70. The van der Waals surface area contributed by atoms with Crippen molar-refractivity contribution in [3.05, 3.63) is 36.0 Å². The summed E-state index contributed by atoms with van der Waals surface area (Å²) in [6.45, 7) is 8.49. The van der Waals surface area contributed by atoms with Gasteiger partial charge in [-0.1, -0.05) is 18.2 Å². The zero-order chi connectivity index (χ0) is 18.4. The molecule has 0 saturated carbocycles.